The van der Waals surface area contributed by atoms with Crippen LogP contribution in [0.3, 0.4) is 0 Å². The molecule has 166 valence electrons. The van der Waals surface area contributed by atoms with Gasteiger partial charge in [-0.1, -0.05) is 56.2 Å². The van der Waals surface area contributed by atoms with Gasteiger partial charge >= 0.3 is 0 Å². The summed E-state index contributed by atoms with van der Waals surface area (Å²) in [7, 11) is 0. The molecule has 0 aliphatic carbocycles. The number of benzene rings is 2. The van der Waals surface area contributed by atoms with E-state index in [9.17, 15) is 0 Å². The number of likely N-dealkylation sites (tertiary alicyclic amines) is 1. The average molecular weight is 422 g/mol. The van der Waals surface area contributed by atoms with Crippen LogP contribution in [0.25, 0.3) is 0 Å². The van der Waals surface area contributed by atoms with Crippen LogP contribution in [0.1, 0.15) is 56.7 Å². The van der Waals surface area contributed by atoms with Crippen LogP contribution in [0.15, 0.2) is 53.6 Å². The van der Waals surface area contributed by atoms with Crippen LogP contribution in [0, 0.1) is 5.92 Å². The highest BCUT2D eigenvalue weighted by molar-refractivity contribution is 5.90. The predicted molar refractivity (Wildman–Crippen MR) is 126 cm³/mol. The first-order valence-electron chi connectivity index (χ1n) is 11.8. The molecule has 0 aromatic heterocycles. The van der Waals surface area contributed by atoms with Crippen LogP contribution in [0.2, 0.25) is 0 Å². The lowest BCUT2D eigenvalue weighted by atomic mass is 9.86. The third-order valence-corrected chi connectivity index (χ3v) is 6.20. The Balaban J connectivity index is 1.45. The molecule has 2 unspecified atom stereocenters. The van der Waals surface area contributed by atoms with Gasteiger partial charge in [-0.3, -0.25) is 4.90 Å². The topological polar surface area (TPSA) is 46.1 Å². The van der Waals surface area contributed by atoms with Crippen LogP contribution in [0.4, 0.5) is 0 Å². The second kappa shape index (κ2) is 10.7. The molecule has 2 heterocycles. The molecule has 2 aliphatic heterocycles. The zero-order valence-corrected chi connectivity index (χ0v) is 18.8. The normalized spacial score (nSPS) is 20.6. The number of piperidine rings is 1. The molecule has 1 N–H and O–H groups in total. The van der Waals surface area contributed by atoms with Crippen molar-refractivity contribution in [1.29, 1.82) is 0 Å². The minimum absolute atomic E-state index is 0.182. The Hall–Kier alpha value is -2.53. The largest absolute Gasteiger partial charge is 0.490 e. The van der Waals surface area contributed by atoms with Crippen molar-refractivity contribution in [3.05, 3.63) is 59.7 Å². The fourth-order valence-corrected chi connectivity index (χ4v) is 4.54. The molecule has 5 nitrogen and oxygen atoms in total. The fraction of sp³-hybridized carbons (Fsp3) is 0.500. The lowest BCUT2D eigenvalue weighted by molar-refractivity contribution is 0.219. The second-order valence-electron chi connectivity index (χ2n) is 8.48. The van der Waals surface area contributed by atoms with Gasteiger partial charge < -0.3 is 14.9 Å². The van der Waals surface area contributed by atoms with Crippen LogP contribution in [-0.2, 0) is 6.54 Å². The lowest BCUT2D eigenvalue weighted by Gasteiger charge is -2.33. The Bertz CT molecular complexity index is 868. The van der Waals surface area contributed by atoms with E-state index in [2.05, 4.69) is 65.8 Å². The smallest absolute Gasteiger partial charge is 0.161 e. The van der Waals surface area contributed by atoms with Crippen molar-refractivity contribution in [2.45, 2.75) is 52.1 Å². The summed E-state index contributed by atoms with van der Waals surface area (Å²) < 4.78 is 11.9. The molecule has 0 saturated carbocycles. The molecule has 31 heavy (non-hydrogen) atoms. The molecule has 2 atom stereocenters. The number of hydrogen-bond acceptors (Lipinski definition) is 5. The summed E-state index contributed by atoms with van der Waals surface area (Å²) in [6.45, 7) is 8.66. The highest BCUT2D eigenvalue weighted by Gasteiger charge is 2.37. The minimum Gasteiger partial charge on any atom is -0.490 e. The zero-order valence-electron chi connectivity index (χ0n) is 18.8. The maximum atomic E-state index is 6.02. The zero-order chi connectivity index (χ0) is 21.5. The number of unbranched alkanes of at least 4 members (excludes halogenated alkanes) is 2. The van der Waals surface area contributed by atoms with Gasteiger partial charge in [0.25, 0.3) is 0 Å². The van der Waals surface area contributed by atoms with Gasteiger partial charge in [-0.25, -0.2) is 0 Å². The highest BCUT2D eigenvalue weighted by Crippen LogP contribution is 2.37. The van der Waals surface area contributed by atoms with E-state index in [1.165, 1.54) is 29.7 Å². The summed E-state index contributed by atoms with van der Waals surface area (Å²) in [5.74, 6) is 2.07. The van der Waals surface area contributed by atoms with Gasteiger partial charge in [0, 0.05) is 37.7 Å². The van der Waals surface area contributed by atoms with Gasteiger partial charge in [0.05, 0.1) is 19.3 Å². The molecule has 0 radical (unpaired) electrons. The standard InChI is InChI=1S/C26H35N3O2/c1-3-5-9-16-31-24-13-12-21(17-25(24)30-4-2)26-22-19-29(15-14-23(22)27-28-26)18-20-10-7-6-8-11-20/h6-8,10-13,17,22,26,28H,3-5,9,14-16,18-19H2,1-2H3. The molecule has 5 heteroatoms. The van der Waals surface area contributed by atoms with E-state index in [4.69, 9.17) is 14.6 Å². The van der Waals surface area contributed by atoms with E-state index in [0.29, 0.717) is 12.5 Å². The van der Waals surface area contributed by atoms with E-state index < -0.39 is 0 Å². The number of nitrogens with one attached hydrogen (secondary N) is 1. The Kier molecular flexibility index (Phi) is 7.47. The van der Waals surface area contributed by atoms with E-state index in [1.54, 1.807) is 0 Å². The van der Waals surface area contributed by atoms with Crippen molar-refractivity contribution >= 4 is 5.71 Å². The first-order valence-corrected chi connectivity index (χ1v) is 11.8. The summed E-state index contributed by atoms with van der Waals surface area (Å²) in [6, 6.07) is 17.3. The Morgan fingerprint density at radius 3 is 2.71 bits per heavy atom. The number of fused-ring (bicyclic) bond motifs is 1. The van der Waals surface area contributed by atoms with Gasteiger partial charge in [0.1, 0.15) is 0 Å². The Labute approximate surface area is 186 Å². The van der Waals surface area contributed by atoms with Gasteiger partial charge in [-0.2, -0.15) is 5.10 Å². The SMILES string of the molecule is CCCCCOc1ccc(C2NN=C3CCN(Cc4ccccc4)CC32)cc1OCC. The van der Waals surface area contributed by atoms with E-state index in [1.807, 2.05) is 6.92 Å². The van der Waals surface area contributed by atoms with E-state index in [0.717, 1.165) is 50.6 Å². The summed E-state index contributed by atoms with van der Waals surface area (Å²) in [4.78, 5) is 2.55. The molecule has 1 fully saturated rings. The van der Waals surface area contributed by atoms with Gasteiger partial charge in [-0.05, 0) is 36.6 Å². The van der Waals surface area contributed by atoms with Crippen LogP contribution >= 0.6 is 0 Å². The first kappa shape index (κ1) is 21.7. The maximum absolute atomic E-state index is 6.02. The third kappa shape index (κ3) is 5.40. The fourth-order valence-electron chi connectivity index (χ4n) is 4.54. The van der Waals surface area contributed by atoms with Gasteiger partial charge in [0.15, 0.2) is 11.5 Å². The number of nitrogens with zero attached hydrogens (tertiary/aromatic N) is 2. The Morgan fingerprint density at radius 2 is 1.90 bits per heavy atom. The van der Waals surface area contributed by atoms with Crippen molar-refractivity contribution in [3.8, 4) is 11.5 Å². The predicted octanol–water partition coefficient (Wildman–Crippen LogP) is 5.18. The maximum Gasteiger partial charge on any atom is 0.161 e. The molecular formula is C26H35N3O2. The number of hydrogen-bond donors (Lipinski definition) is 1. The van der Waals surface area contributed by atoms with Crippen molar-refractivity contribution in [3.63, 3.8) is 0 Å². The molecule has 2 aliphatic rings. The van der Waals surface area contributed by atoms with E-state index >= 15 is 0 Å². The number of ether oxygens (including phenoxy) is 2. The molecule has 2 aromatic carbocycles. The molecule has 4 rings (SSSR count). The molecular weight excluding hydrogens is 386 g/mol. The quantitative estimate of drug-likeness (QED) is 0.537. The van der Waals surface area contributed by atoms with Crippen LogP contribution in [0.5, 0.6) is 11.5 Å². The van der Waals surface area contributed by atoms with E-state index in [-0.39, 0.29) is 6.04 Å². The molecule has 1 saturated heterocycles. The number of rotatable bonds is 10. The third-order valence-electron chi connectivity index (χ3n) is 6.20. The van der Waals surface area contributed by atoms with Crippen LogP contribution in [-0.4, -0.2) is 36.9 Å². The van der Waals surface area contributed by atoms with Crippen molar-refractivity contribution in [2.75, 3.05) is 26.3 Å². The molecule has 0 amide bonds. The highest BCUT2D eigenvalue weighted by atomic mass is 16.5. The summed E-state index contributed by atoms with van der Waals surface area (Å²) in [6.07, 6.45) is 4.48. The van der Waals surface area contributed by atoms with Crippen molar-refractivity contribution < 1.29 is 9.47 Å². The lowest BCUT2D eigenvalue weighted by Crippen LogP contribution is -2.41. The van der Waals surface area contributed by atoms with Crippen molar-refractivity contribution in [1.82, 2.24) is 10.3 Å². The summed E-state index contributed by atoms with van der Waals surface area (Å²) >= 11 is 0. The molecule has 2 aromatic rings. The van der Waals surface area contributed by atoms with Crippen molar-refractivity contribution in [2.24, 2.45) is 11.0 Å². The summed E-state index contributed by atoms with van der Waals surface area (Å²) in [5, 5.41) is 4.69. The first-order chi connectivity index (χ1) is 15.3. The van der Waals surface area contributed by atoms with Gasteiger partial charge in [-0.15, -0.1) is 0 Å². The summed E-state index contributed by atoms with van der Waals surface area (Å²) in [5.41, 5.74) is 7.30. The monoisotopic (exact) mass is 421 g/mol. The minimum atomic E-state index is 0.182. The number of hydrazone groups is 1. The average Bonchev–Trinajstić information content (AvgIpc) is 3.22. The van der Waals surface area contributed by atoms with Crippen LogP contribution < -0.4 is 14.9 Å². The molecule has 0 spiro atoms. The molecule has 0 bridgehead atoms. The Morgan fingerprint density at radius 1 is 1.03 bits per heavy atom. The second-order valence-corrected chi connectivity index (χ2v) is 8.48. The van der Waals surface area contributed by atoms with Gasteiger partial charge in [0.2, 0.25) is 0 Å².